The van der Waals surface area contributed by atoms with Crippen LogP contribution in [0.25, 0.3) is 0 Å². The highest BCUT2D eigenvalue weighted by molar-refractivity contribution is 8.15. The number of hydrogen-bond donors (Lipinski definition) is 1. The number of aliphatic imine (C=N–C) groups is 1. The minimum atomic E-state index is -0.531. The lowest BCUT2D eigenvalue weighted by molar-refractivity contribution is -0.129. The van der Waals surface area contributed by atoms with Gasteiger partial charge in [0, 0.05) is 13.0 Å². The molecule has 130 valence electrons. The predicted molar refractivity (Wildman–Crippen MR) is 99.2 cm³/mol. The second kappa shape index (κ2) is 9.47. The van der Waals surface area contributed by atoms with Crippen molar-refractivity contribution in [3.05, 3.63) is 30.3 Å². The van der Waals surface area contributed by atoms with E-state index in [4.69, 9.17) is 5.73 Å². The summed E-state index contributed by atoms with van der Waals surface area (Å²) < 4.78 is 0. The molecule has 2 N–H and O–H groups in total. The molecule has 2 amide bonds. The maximum atomic E-state index is 12.5. The molecular formula is C18H25N3O2S. The Morgan fingerprint density at radius 2 is 1.96 bits per heavy atom. The summed E-state index contributed by atoms with van der Waals surface area (Å²) in [5, 5.41) is 0.0491. The van der Waals surface area contributed by atoms with Gasteiger partial charge in [-0.3, -0.25) is 14.5 Å². The van der Waals surface area contributed by atoms with Crippen LogP contribution < -0.4 is 5.73 Å². The van der Waals surface area contributed by atoms with E-state index >= 15 is 0 Å². The number of para-hydroxylation sites is 1. The Kier molecular flexibility index (Phi) is 7.31. The number of carbonyl (C=O) groups excluding carboxylic acids is 2. The zero-order chi connectivity index (χ0) is 17.4. The summed E-state index contributed by atoms with van der Waals surface area (Å²) >= 11 is 1.30. The summed E-state index contributed by atoms with van der Waals surface area (Å²) in [7, 11) is 0. The lowest BCUT2D eigenvalue weighted by Gasteiger charge is -2.31. The van der Waals surface area contributed by atoms with Gasteiger partial charge in [0.05, 0.1) is 10.9 Å². The molecule has 6 heteroatoms. The number of hydrogen-bond acceptors (Lipinski definition) is 4. The van der Waals surface area contributed by atoms with Gasteiger partial charge in [-0.2, -0.15) is 0 Å². The molecule has 0 aromatic heterocycles. The van der Waals surface area contributed by atoms with Crippen LogP contribution in [-0.2, 0) is 9.59 Å². The molecule has 1 aromatic carbocycles. The van der Waals surface area contributed by atoms with E-state index in [-0.39, 0.29) is 12.3 Å². The summed E-state index contributed by atoms with van der Waals surface area (Å²) in [6.45, 7) is 2.83. The number of benzene rings is 1. The number of unbranched alkanes of at least 4 members (excludes halogenated alkanes) is 4. The minimum Gasteiger partial charge on any atom is -0.369 e. The van der Waals surface area contributed by atoms with Gasteiger partial charge in [0.15, 0.2) is 5.17 Å². The molecule has 0 spiro atoms. The van der Waals surface area contributed by atoms with E-state index in [1.165, 1.54) is 31.0 Å². The summed E-state index contributed by atoms with van der Waals surface area (Å²) in [5.74, 6) is -0.528. The third-order valence-corrected chi connectivity index (χ3v) is 5.13. The Bertz CT molecular complexity index is 589. The number of primary amides is 1. The van der Waals surface area contributed by atoms with Crippen LogP contribution in [0.4, 0.5) is 5.69 Å². The van der Waals surface area contributed by atoms with Crippen LogP contribution in [-0.4, -0.2) is 33.7 Å². The number of amides is 2. The number of amidine groups is 1. The van der Waals surface area contributed by atoms with Crippen LogP contribution in [0, 0.1) is 0 Å². The topological polar surface area (TPSA) is 75.8 Å². The van der Waals surface area contributed by atoms with Gasteiger partial charge in [-0.05, 0) is 18.6 Å². The zero-order valence-corrected chi connectivity index (χ0v) is 14.9. The molecular weight excluding hydrogens is 322 g/mol. The number of rotatable bonds is 8. The molecule has 24 heavy (non-hydrogen) atoms. The van der Waals surface area contributed by atoms with Crippen LogP contribution >= 0.6 is 11.8 Å². The highest BCUT2D eigenvalue weighted by Crippen LogP contribution is 2.29. The van der Waals surface area contributed by atoms with E-state index < -0.39 is 11.2 Å². The van der Waals surface area contributed by atoms with E-state index in [1.807, 2.05) is 30.3 Å². The highest BCUT2D eigenvalue weighted by Gasteiger charge is 2.34. The second-order valence-corrected chi connectivity index (χ2v) is 7.07. The highest BCUT2D eigenvalue weighted by atomic mass is 32.2. The van der Waals surface area contributed by atoms with Crippen molar-refractivity contribution in [2.24, 2.45) is 10.7 Å². The first-order chi connectivity index (χ1) is 11.6. The quantitative estimate of drug-likeness (QED) is 0.732. The monoisotopic (exact) mass is 347 g/mol. The third-order valence-electron chi connectivity index (χ3n) is 3.92. The lowest BCUT2D eigenvalue weighted by Crippen LogP contribution is -2.45. The third kappa shape index (κ3) is 5.37. The standard InChI is InChI=1S/C18H25N3O2S/c1-2-3-4-5-9-12-21-16(22)13-15(17(19)23)24-18(21)20-14-10-7-6-8-11-14/h6-8,10-11,15H,2-5,9,12-13H2,1H3,(H2,19,23). The summed E-state index contributed by atoms with van der Waals surface area (Å²) in [6.07, 6.45) is 5.79. The molecule has 1 heterocycles. The first kappa shape index (κ1) is 18.5. The maximum absolute atomic E-state index is 12.5. The summed E-state index contributed by atoms with van der Waals surface area (Å²) in [5.41, 5.74) is 6.17. The van der Waals surface area contributed by atoms with Crippen molar-refractivity contribution in [2.75, 3.05) is 6.54 Å². The van der Waals surface area contributed by atoms with Crippen molar-refractivity contribution < 1.29 is 9.59 Å². The maximum Gasteiger partial charge on any atom is 0.231 e. The van der Waals surface area contributed by atoms with Gasteiger partial charge in [-0.15, -0.1) is 0 Å². The number of carbonyl (C=O) groups is 2. The fourth-order valence-corrected chi connectivity index (χ4v) is 3.64. The number of nitrogens with two attached hydrogens (primary N) is 1. The van der Waals surface area contributed by atoms with Crippen molar-refractivity contribution in [1.82, 2.24) is 4.90 Å². The lowest BCUT2D eigenvalue weighted by atomic mass is 10.1. The van der Waals surface area contributed by atoms with Crippen LogP contribution in [0.3, 0.4) is 0 Å². The molecule has 1 aromatic rings. The second-order valence-electron chi connectivity index (χ2n) is 5.90. The molecule has 1 atom stereocenters. The molecule has 0 saturated carbocycles. The first-order valence-electron chi connectivity index (χ1n) is 8.52. The Morgan fingerprint density at radius 3 is 2.62 bits per heavy atom. The number of thioether (sulfide) groups is 1. The van der Waals surface area contributed by atoms with E-state index in [1.54, 1.807) is 4.90 Å². The molecule has 0 radical (unpaired) electrons. The fraction of sp³-hybridized carbons (Fsp3) is 0.500. The van der Waals surface area contributed by atoms with Crippen molar-refractivity contribution in [3.63, 3.8) is 0 Å². The molecule has 2 rings (SSSR count). The molecule has 1 fully saturated rings. The van der Waals surface area contributed by atoms with Crippen molar-refractivity contribution in [3.8, 4) is 0 Å². The van der Waals surface area contributed by atoms with Crippen molar-refractivity contribution >= 4 is 34.4 Å². The Labute approximate surface area is 147 Å². The van der Waals surface area contributed by atoms with Crippen LogP contribution in [0.5, 0.6) is 0 Å². The van der Waals surface area contributed by atoms with Gasteiger partial charge in [0.2, 0.25) is 11.8 Å². The molecule has 1 unspecified atom stereocenters. The van der Waals surface area contributed by atoms with Crippen molar-refractivity contribution in [1.29, 1.82) is 0 Å². The van der Waals surface area contributed by atoms with E-state index in [2.05, 4.69) is 11.9 Å². The van der Waals surface area contributed by atoms with Gasteiger partial charge in [-0.25, -0.2) is 4.99 Å². The molecule has 5 nitrogen and oxygen atoms in total. The number of nitrogens with zero attached hydrogens (tertiary/aromatic N) is 2. The SMILES string of the molecule is CCCCCCCN1C(=O)CC(C(N)=O)SC1=Nc1ccccc1. The largest absolute Gasteiger partial charge is 0.369 e. The summed E-state index contributed by atoms with van der Waals surface area (Å²) in [4.78, 5) is 30.3. The Hall–Kier alpha value is -1.82. The van der Waals surface area contributed by atoms with E-state index in [9.17, 15) is 9.59 Å². The van der Waals surface area contributed by atoms with Gasteiger partial charge in [0.1, 0.15) is 0 Å². The smallest absolute Gasteiger partial charge is 0.231 e. The molecule has 1 aliphatic heterocycles. The fourth-order valence-electron chi connectivity index (χ4n) is 2.56. The van der Waals surface area contributed by atoms with Crippen LogP contribution in [0.15, 0.2) is 35.3 Å². The van der Waals surface area contributed by atoms with Crippen LogP contribution in [0.1, 0.15) is 45.4 Å². The van der Waals surface area contributed by atoms with Crippen LogP contribution in [0.2, 0.25) is 0 Å². The first-order valence-corrected chi connectivity index (χ1v) is 9.40. The van der Waals surface area contributed by atoms with E-state index in [0.29, 0.717) is 11.7 Å². The zero-order valence-electron chi connectivity index (χ0n) is 14.1. The van der Waals surface area contributed by atoms with Gasteiger partial charge in [0.25, 0.3) is 0 Å². The average Bonchev–Trinajstić information content (AvgIpc) is 2.57. The van der Waals surface area contributed by atoms with E-state index in [0.717, 1.165) is 18.5 Å². The normalized spacial score (nSPS) is 19.7. The molecule has 1 aliphatic rings. The van der Waals surface area contributed by atoms with Crippen molar-refractivity contribution in [2.45, 2.75) is 50.7 Å². The van der Waals surface area contributed by atoms with Gasteiger partial charge in [-0.1, -0.05) is 62.6 Å². The molecule has 0 aliphatic carbocycles. The Morgan fingerprint density at radius 1 is 1.25 bits per heavy atom. The van der Waals surface area contributed by atoms with Gasteiger partial charge < -0.3 is 5.73 Å². The van der Waals surface area contributed by atoms with Gasteiger partial charge >= 0.3 is 0 Å². The Balaban J connectivity index is 2.10. The average molecular weight is 347 g/mol. The minimum absolute atomic E-state index is 0.0669. The predicted octanol–water partition coefficient (Wildman–Crippen LogP) is 3.46. The summed E-state index contributed by atoms with van der Waals surface area (Å²) in [6, 6.07) is 9.47. The molecule has 0 bridgehead atoms. The molecule has 1 saturated heterocycles.